The number of aryl methyl sites for hydroxylation is 2. The quantitative estimate of drug-likeness (QED) is 0.618. The van der Waals surface area contributed by atoms with Crippen molar-refractivity contribution in [3.8, 4) is 0 Å². The predicted octanol–water partition coefficient (Wildman–Crippen LogP) is 2.30. The second kappa shape index (κ2) is 11.0. The summed E-state index contributed by atoms with van der Waals surface area (Å²) in [4.78, 5) is 28.8. The van der Waals surface area contributed by atoms with Crippen molar-refractivity contribution in [3.63, 3.8) is 0 Å². The van der Waals surface area contributed by atoms with Crippen molar-refractivity contribution in [1.29, 1.82) is 0 Å². The highest BCUT2D eigenvalue weighted by Gasteiger charge is 2.31. The van der Waals surface area contributed by atoms with Crippen LogP contribution in [0.4, 0.5) is 5.69 Å². The summed E-state index contributed by atoms with van der Waals surface area (Å²) >= 11 is 0. The molecule has 1 fully saturated rings. The number of hydrogen-bond donors (Lipinski definition) is 1. The van der Waals surface area contributed by atoms with Crippen LogP contribution in [0.2, 0.25) is 0 Å². The van der Waals surface area contributed by atoms with Crippen molar-refractivity contribution in [1.82, 2.24) is 14.5 Å². The lowest BCUT2D eigenvalue weighted by molar-refractivity contribution is -0.134. The maximum atomic E-state index is 13.1. The van der Waals surface area contributed by atoms with Crippen LogP contribution in [0.25, 0.3) is 0 Å². The van der Waals surface area contributed by atoms with E-state index in [0.717, 1.165) is 16.8 Å². The number of rotatable bonds is 8. The van der Waals surface area contributed by atoms with Crippen LogP contribution >= 0.6 is 0 Å². The summed E-state index contributed by atoms with van der Waals surface area (Å²) < 4.78 is 27.6. The topological polar surface area (TPSA) is 90.0 Å². The zero-order valence-electron chi connectivity index (χ0n) is 20.4. The summed E-state index contributed by atoms with van der Waals surface area (Å²) in [5, 5.41) is 2.86. The molecule has 0 radical (unpaired) electrons. The molecule has 9 heteroatoms. The number of piperazine rings is 1. The maximum absolute atomic E-state index is 13.1. The summed E-state index contributed by atoms with van der Waals surface area (Å²) in [6, 6.07) is 13.3. The van der Waals surface area contributed by atoms with Gasteiger partial charge in [-0.3, -0.25) is 9.59 Å². The molecular weight excluding hydrogens is 452 g/mol. The Labute approximate surface area is 202 Å². The molecule has 0 spiro atoms. The number of sulfonamides is 1. The number of carbonyl (C=O) groups is 2. The van der Waals surface area contributed by atoms with E-state index < -0.39 is 10.0 Å². The van der Waals surface area contributed by atoms with Gasteiger partial charge in [-0.25, -0.2) is 8.42 Å². The number of carbonyl (C=O) groups excluding carboxylic acids is 2. The lowest BCUT2D eigenvalue weighted by Crippen LogP contribution is -2.50. The summed E-state index contributed by atoms with van der Waals surface area (Å²) in [7, 11) is 0.317. The fourth-order valence-electron chi connectivity index (χ4n) is 3.91. The van der Waals surface area contributed by atoms with E-state index in [0.29, 0.717) is 30.1 Å². The first-order chi connectivity index (χ1) is 16.1. The zero-order chi connectivity index (χ0) is 24.9. The van der Waals surface area contributed by atoms with Crippen LogP contribution in [0.15, 0.2) is 47.4 Å². The summed E-state index contributed by atoms with van der Waals surface area (Å²) in [6.45, 7) is 5.20. The Morgan fingerprint density at radius 1 is 0.971 bits per heavy atom. The minimum atomic E-state index is -3.60. The number of hydrogen-bond acceptors (Lipinski definition) is 5. The Hall–Kier alpha value is -2.91. The zero-order valence-corrected chi connectivity index (χ0v) is 21.2. The highest BCUT2D eigenvalue weighted by atomic mass is 32.2. The average molecular weight is 487 g/mol. The molecule has 1 heterocycles. The molecule has 0 aromatic heterocycles. The van der Waals surface area contributed by atoms with Crippen LogP contribution in [-0.4, -0.2) is 69.7 Å². The molecule has 1 N–H and O–H groups in total. The van der Waals surface area contributed by atoms with E-state index >= 15 is 0 Å². The van der Waals surface area contributed by atoms with Gasteiger partial charge in [-0.05, 0) is 48.7 Å². The molecule has 2 aromatic carbocycles. The first-order valence-electron chi connectivity index (χ1n) is 11.5. The Kier molecular flexibility index (Phi) is 8.33. The summed E-state index contributed by atoms with van der Waals surface area (Å²) in [6.07, 6.45) is 0.209. The van der Waals surface area contributed by atoms with Crippen LogP contribution in [0.3, 0.4) is 0 Å². The smallest absolute Gasteiger partial charge is 0.243 e. The van der Waals surface area contributed by atoms with Gasteiger partial charge in [0, 0.05) is 65.3 Å². The number of nitrogens with zero attached hydrogens (tertiary/aromatic N) is 3. The monoisotopic (exact) mass is 486 g/mol. The van der Waals surface area contributed by atoms with Gasteiger partial charge in [0.1, 0.15) is 0 Å². The number of benzene rings is 2. The third-order valence-electron chi connectivity index (χ3n) is 6.04. The molecule has 1 aliphatic rings. The molecule has 1 aliphatic heterocycles. The number of anilines is 1. The van der Waals surface area contributed by atoms with E-state index in [1.165, 1.54) is 4.31 Å². The molecule has 0 atom stereocenters. The minimum Gasteiger partial charge on any atom is -0.378 e. The first kappa shape index (κ1) is 25.7. The number of nitrogens with one attached hydrogen (secondary N) is 1. The molecule has 0 bridgehead atoms. The Morgan fingerprint density at radius 3 is 2.35 bits per heavy atom. The fourth-order valence-corrected chi connectivity index (χ4v) is 5.65. The van der Waals surface area contributed by atoms with Gasteiger partial charge in [0.15, 0.2) is 0 Å². The van der Waals surface area contributed by atoms with Gasteiger partial charge in [-0.2, -0.15) is 4.31 Å². The van der Waals surface area contributed by atoms with E-state index in [4.69, 9.17) is 0 Å². The third-order valence-corrected chi connectivity index (χ3v) is 8.08. The van der Waals surface area contributed by atoms with Gasteiger partial charge in [0.2, 0.25) is 21.8 Å². The third kappa shape index (κ3) is 6.36. The standard InChI is InChI=1S/C25H34N4O4S/c1-19-8-9-20(2)23(16-19)34(32,33)29-14-12-28(13-15-29)25(31)11-10-24(30)26-18-21-6-5-7-22(17-21)27(3)4/h5-9,16-17H,10-15,18H2,1-4H3,(H,26,30). The van der Waals surface area contributed by atoms with Crippen molar-refractivity contribution < 1.29 is 18.0 Å². The second-order valence-electron chi connectivity index (χ2n) is 8.89. The van der Waals surface area contributed by atoms with Gasteiger partial charge in [0.05, 0.1) is 4.90 Å². The highest BCUT2D eigenvalue weighted by Crippen LogP contribution is 2.22. The molecule has 2 amide bonds. The Balaban J connectivity index is 1.46. The Bertz CT molecular complexity index is 1140. The average Bonchev–Trinajstić information content (AvgIpc) is 2.82. The highest BCUT2D eigenvalue weighted by molar-refractivity contribution is 7.89. The van der Waals surface area contributed by atoms with Gasteiger partial charge >= 0.3 is 0 Å². The molecule has 1 saturated heterocycles. The molecule has 8 nitrogen and oxygen atoms in total. The van der Waals surface area contributed by atoms with Crippen LogP contribution in [0.5, 0.6) is 0 Å². The molecule has 184 valence electrons. The molecule has 0 unspecified atom stereocenters. The van der Waals surface area contributed by atoms with Crippen molar-refractivity contribution in [3.05, 3.63) is 59.2 Å². The normalized spacial score (nSPS) is 14.6. The van der Waals surface area contributed by atoms with Crippen molar-refractivity contribution in [2.75, 3.05) is 45.2 Å². The largest absolute Gasteiger partial charge is 0.378 e. The predicted molar refractivity (Wildman–Crippen MR) is 133 cm³/mol. The summed E-state index contributed by atoms with van der Waals surface area (Å²) in [5.74, 6) is -0.312. The van der Waals surface area contributed by atoms with Gasteiger partial charge in [-0.15, -0.1) is 0 Å². The van der Waals surface area contributed by atoms with E-state index in [9.17, 15) is 18.0 Å². The Morgan fingerprint density at radius 2 is 1.68 bits per heavy atom. The fraction of sp³-hybridized carbons (Fsp3) is 0.440. The molecule has 3 rings (SSSR count). The van der Waals surface area contributed by atoms with E-state index in [1.807, 2.05) is 62.3 Å². The van der Waals surface area contributed by atoms with Crippen LogP contribution in [0, 0.1) is 13.8 Å². The lowest BCUT2D eigenvalue weighted by atomic mass is 10.2. The minimum absolute atomic E-state index is 0.104. The summed E-state index contributed by atoms with van der Waals surface area (Å²) in [5.41, 5.74) is 3.65. The van der Waals surface area contributed by atoms with Crippen molar-refractivity contribution in [2.45, 2.75) is 38.1 Å². The second-order valence-corrected chi connectivity index (χ2v) is 10.8. The van der Waals surface area contributed by atoms with E-state index in [1.54, 1.807) is 17.9 Å². The van der Waals surface area contributed by atoms with Crippen LogP contribution in [0.1, 0.15) is 29.5 Å². The number of amides is 2. The van der Waals surface area contributed by atoms with Crippen LogP contribution in [-0.2, 0) is 26.2 Å². The van der Waals surface area contributed by atoms with Gasteiger partial charge in [0.25, 0.3) is 0 Å². The van der Waals surface area contributed by atoms with Gasteiger partial charge < -0.3 is 15.1 Å². The van der Waals surface area contributed by atoms with E-state index in [-0.39, 0.29) is 37.7 Å². The van der Waals surface area contributed by atoms with Crippen LogP contribution < -0.4 is 10.2 Å². The van der Waals surface area contributed by atoms with Crippen molar-refractivity contribution >= 4 is 27.5 Å². The molecule has 34 heavy (non-hydrogen) atoms. The molecule has 0 aliphatic carbocycles. The SMILES string of the molecule is Cc1ccc(C)c(S(=O)(=O)N2CCN(C(=O)CCC(=O)NCc3cccc(N(C)C)c3)CC2)c1. The molecular formula is C25H34N4O4S. The van der Waals surface area contributed by atoms with Crippen molar-refractivity contribution in [2.24, 2.45) is 0 Å². The lowest BCUT2D eigenvalue weighted by Gasteiger charge is -2.34. The van der Waals surface area contributed by atoms with Gasteiger partial charge in [-0.1, -0.05) is 24.3 Å². The van der Waals surface area contributed by atoms with E-state index in [2.05, 4.69) is 5.32 Å². The molecule has 2 aromatic rings. The first-order valence-corrected chi connectivity index (χ1v) is 12.9. The molecule has 0 saturated carbocycles. The maximum Gasteiger partial charge on any atom is 0.243 e.